The number of amidine groups is 1. The highest BCUT2D eigenvalue weighted by Crippen LogP contribution is 2.33. The molecule has 0 aliphatic heterocycles. The van der Waals surface area contributed by atoms with Crippen LogP contribution in [-0.2, 0) is 6.54 Å². The van der Waals surface area contributed by atoms with Gasteiger partial charge in [0, 0.05) is 24.1 Å². The van der Waals surface area contributed by atoms with Crippen molar-refractivity contribution in [2.45, 2.75) is 57.4 Å². The molecule has 3 aromatic rings. The first-order valence-corrected chi connectivity index (χ1v) is 13.2. The molecule has 0 amide bonds. The Morgan fingerprint density at radius 2 is 1.81 bits per heavy atom. The molecule has 192 valence electrons. The van der Waals surface area contributed by atoms with Gasteiger partial charge in [-0.3, -0.25) is 0 Å². The van der Waals surface area contributed by atoms with Crippen LogP contribution in [0.5, 0.6) is 5.75 Å². The number of thioether (sulfide) groups is 1. The molecule has 4 rings (SSSR count). The van der Waals surface area contributed by atoms with E-state index in [0.717, 1.165) is 27.7 Å². The lowest BCUT2D eigenvalue weighted by Crippen LogP contribution is -2.70. The van der Waals surface area contributed by atoms with Gasteiger partial charge < -0.3 is 26.2 Å². The molecule has 5 N–H and O–H groups in total. The molecule has 0 aromatic heterocycles. The number of para-hydroxylation sites is 1. The number of phenolic OH excluding ortho intramolecular Hbond substituents is 1. The van der Waals surface area contributed by atoms with Crippen LogP contribution in [0, 0.1) is 25.0 Å². The molecule has 1 aliphatic rings. The Morgan fingerprint density at radius 1 is 1.03 bits per heavy atom. The summed E-state index contributed by atoms with van der Waals surface area (Å²) in [7, 11) is 0. The highest BCUT2D eigenvalue weighted by Gasteiger charge is 2.22. The van der Waals surface area contributed by atoms with Crippen LogP contribution in [0.2, 0.25) is 0 Å². The molecule has 1 aliphatic carbocycles. The van der Waals surface area contributed by atoms with Crippen LogP contribution in [0.1, 0.15) is 48.8 Å². The first kappa shape index (κ1) is 27.7. The van der Waals surface area contributed by atoms with Crippen molar-refractivity contribution < 1.29 is 16.1 Å². The molecule has 0 spiro atoms. The Hall–Kier alpha value is -2.84. The van der Waals surface area contributed by atoms with E-state index in [1.807, 2.05) is 42.5 Å². The van der Waals surface area contributed by atoms with Gasteiger partial charge in [-0.25, -0.2) is 4.99 Å². The van der Waals surface area contributed by atoms with Crippen molar-refractivity contribution in [2.24, 2.45) is 10.9 Å². The molecular weight excluding hydrogens is 470 g/mol. The molecule has 36 heavy (non-hydrogen) atoms. The van der Waals surface area contributed by atoms with Crippen molar-refractivity contribution in [3.8, 4) is 5.75 Å². The topological polar surface area (TPSA) is 107 Å². The third-order valence-corrected chi connectivity index (χ3v) is 7.78. The van der Waals surface area contributed by atoms with Gasteiger partial charge in [0.15, 0.2) is 10.9 Å². The standard InChI is InChI=1S/C29H35N3O2S.H2O/c1-21-15-16-28(22(2)17-21)35-29(30-26-13-6-7-14-27(26)31-34)32(19-23-9-4-3-5-10-23)20-24-11-8-12-25(33)18-24;/h6-8,11-18,23,33H,3-5,9-10,19-20,31H2,1-2H3;1H2. The Kier molecular flexibility index (Phi) is 10.4. The summed E-state index contributed by atoms with van der Waals surface area (Å²) in [5, 5.41) is 22.7. The monoisotopic (exact) mass is 507 g/mol. The van der Waals surface area contributed by atoms with E-state index >= 15 is 0 Å². The lowest BCUT2D eigenvalue weighted by Gasteiger charge is -2.32. The third-order valence-electron chi connectivity index (χ3n) is 6.57. The second-order valence-electron chi connectivity index (χ2n) is 9.50. The largest absolute Gasteiger partial charge is 0.630 e. The van der Waals surface area contributed by atoms with E-state index < -0.39 is 0 Å². The summed E-state index contributed by atoms with van der Waals surface area (Å²) in [6.45, 7) is 5.78. The Bertz CT molecular complexity index is 1160. The van der Waals surface area contributed by atoms with Crippen molar-refractivity contribution in [3.05, 3.63) is 88.6 Å². The number of nitrogens with zero attached hydrogens (tertiary/aromatic N) is 2. The van der Waals surface area contributed by atoms with Gasteiger partial charge in [-0.15, -0.1) is 0 Å². The maximum atomic E-state index is 11.8. The quantitative estimate of drug-likeness (QED) is 0.140. The van der Waals surface area contributed by atoms with E-state index in [0.29, 0.717) is 23.8 Å². The molecule has 6 nitrogen and oxygen atoms in total. The fraction of sp³-hybridized carbons (Fsp3) is 0.345. The first-order valence-electron chi connectivity index (χ1n) is 12.4. The minimum absolute atomic E-state index is 0. The number of benzene rings is 3. The highest BCUT2D eigenvalue weighted by molar-refractivity contribution is 8.13. The summed E-state index contributed by atoms with van der Waals surface area (Å²) in [6.07, 6.45) is 6.31. The summed E-state index contributed by atoms with van der Waals surface area (Å²) in [5.41, 5.74) is 5.62. The number of aliphatic imine (C=N–C) groups is 1. The molecule has 0 radical (unpaired) electrons. The zero-order chi connectivity index (χ0) is 24.6. The van der Waals surface area contributed by atoms with E-state index in [9.17, 15) is 10.3 Å². The summed E-state index contributed by atoms with van der Waals surface area (Å²) < 4.78 is 0. The van der Waals surface area contributed by atoms with Crippen molar-refractivity contribution >= 4 is 28.3 Å². The Balaban J connectivity index is 0.00000361. The zero-order valence-corrected chi connectivity index (χ0v) is 21.9. The van der Waals surface area contributed by atoms with Gasteiger partial charge in [-0.05, 0) is 68.0 Å². The van der Waals surface area contributed by atoms with Crippen molar-refractivity contribution in [1.82, 2.24) is 4.90 Å². The molecule has 0 saturated heterocycles. The van der Waals surface area contributed by atoms with Crippen LogP contribution in [-0.4, -0.2) is 27.2 Å². The number of phenols is 1. The number of hydrogen-bond donors (Lipinski definition) is 2. The highest BCUT2D eigenvalue weighted by atomic mass is 32.2. The summed E-state index contributed by atoms with van der Waals surface area (Å²) in [6, 6.07) is 21.5. The van der Waals surface area contributed by atoms with E-state index in [1.165, 1.54) is 43.2 Å². The molecule has 1 fully saturated rings. The maximum Gasteiger partial charge on any atom is 0.169 e. The van der Waals surface area contributed by atoms with E-state index in [2.05, 4.69) is 36.9 Å². The van der Waals surface area contributed by atoms with E-state index in [-0.39, 0.29) is 11.2 Å². The van der Waals surface area contributed by atoms with Gasteiger partial charge in [-0.1, -0.05) is 73.0 Å². The smallest absolute Gasteiger partial charge is 0.169 e. The molecule has 0 bridgehead atoms. The second-order valence-corrected chi connectivity index (χ2v) is 10.5. The Morgan fingerprint density at radius 3 is 2.53 bits per heavy atom. The number of aromatic hydroxyl groups is 1. The Labute approximate surface area is 218 Å². The minimum atomic E-state index is 0. The van der Waals surface area contributed by atoms with Crippen molar-refractivity contribution in [1.29, 1.82) is 0 Å². The van der Waals surface area contributed by atoms with Gasteiger partial charge in [0.25, 0.3) is 0 Å². The van der Waals surface area contributed by atoms with Crippen LogP contribution >= 0.6 is 11.8 Å². The molecule has 0 heterocycles. The van der Waals surface area contributed by atoms with Gasteiger partial charge in [0.1, 0.15) is 11.4 Å². The number of quaternary nitrogens is 1. The van der Waals surface area contributed by atoms with Crippen LogP contribution in [0.25, 0.3) is 0 Å². The lowest BCUT2D eigenvalue weighted by molar-refractivity contribution is -0.496. The normalized spacial score (nSPS) is 14.4. The summed E-state index contributed by atoms with van der Waals surface area (Å²) in [4.78, 5) is 8.58. The molecule has 3 aromatic carbocycles. The number of rotatable bonds is 7. The average Bonchev–Trinajstić information content (AvgIpc) is 2.86. The van der Waals surface area contributed by atoms with Crippen LogP contribution in [0.4, 0.5) is 11.4 Å². The summed E-state index contributed by atoms with van der Waals surface area (Å²) >= 11 is 1.66. The fourth-order valence-corrected chi connectivity index (χ4v) is 5.69. The van der Waals surface area contributed by atoms with Crippen molar-refractivity contribution in [2.75, 3.05) is 6.54 Å². The zero-order valence-electron chi connectivity index (χ0n) is 21.1. The van der Waals surface area contributed by atoms with Gasteiger partial charge in [0.2, 0.25) is 0 Å². The third kappa shape index (κ3) is 7.58. The van der Waals surface area contributed by atoms with E-state index in [1.54, 1.807) is 17.8 Å². The predicted molar refractivity (Wildman–Crippen MR) is 149 cm³/mol. The minimum Gasteiger partial charge on any atom is -0.630 e. The lowest BCUT2D eigenvalue weighted by atomic mass is 9.89. The number of nitrogens with two attached hydrogens (primary N) is 1. The first-order chi connectivity index (χ1) is 17.0. The molecular formula is C29H37N3O3S. The van der Waals surface area contributed by atoms with Crippen molar-refractivity contribution in [3.63, 3.8) is 0 Å². The second kappa shape index (κ2) is 13.5. The fourth-order valence-electron chi connectivity index (χ4n) is 4.73. The van der Waals surface area contributed by atoms with E-state index in [4.69, 9.17) is 4.99 Å². The van der Waals surface area contributed by atoms with Crippen LogP contribution in [0.3, 0.4) is 0 Å². The summed E-state index contributed by atoms with van der Waals surface area (Å²) in [5.74, 6) is 0.874. The predicted octanol–water partition coefficient (Wildman–Crippen LogP) is 5.74. The molecule has 1 saturated carbocycles. The molecule has 0 unspecified atom stereocenters. The average molecular weight is 508 g/mol. The maximum absolute atomic E-state index is 11.8. The van der Waals surface area contributed by atoms with Gasteiger partial charge in [0.05, 0.1) is 0 Å². The van der Waals surface area contributed by atoms with Crippen LogP contribution in [0.15, 0.2) is 76.6 Å². The van der Waals surface area contributed by atoms with Gasteiger partial charge in [-0.2, -0.15) is 0 Å². The van der Waals surface area contributed by atoms with Gasteiger partial charge >= 0.3 is 0 Å². The van der Waals surface area contributed by atoms with Crippen LogP contribution < -0.4 is 5.48 Å². The SMILES string of the molecule is Cc1ccc(SC(=Nc2ccccc2[NH2+][O-])N(Cc2cccc(O)c2)CC2CCCCC2)c(C)c1.O. The molecule has 0 atom stereocenters. The number of aryl methyl sites for hydroxylation is 2. The molecule has 7 heteroatoms. The number of hydrogen-bond acceptors (Lipinski definition) is 4.